The summed E-state index contributed by atoms with van der Waals surface area (Å²) in [6, 6.07) is 3.99. The molecule has 1 aliphatic carbocycles. The number of aromatic nitrogens is 2. The molecule has 2 aromatic heterocycles. The minimum absolute atomic E-state index is 0.0419. The molecule has 1 fully saturated rings. The standard InChI is InChI=1S/C13H16N4OS/c14-16-13(18)9-5-3-8(4-6-9)11-12-10(19-17-11)2-1-7-15-12/h1-2,7-9H,3-6,14H2,(H,16,18). The van der Waals surface area contributed by atoms with Crippen LogP contribution in [-0.4, -0.2) is 15.3 Å². The van der Waals surface area contributed by atoms with E-state index in [1.165, 1.54) is 11.5 Å². The summed E-state index contributed by atoms with van der Waals surface area (Å²) in [5, 5.41) is 0. The number of carbonyl (C=O) groups excluding carboxylic acids is 1. The molecule has 0 saturated heterocycles. The van der Waals surface area contributed by atoms with Gasteiger partial charge in [-0.3, -0.25) is 15.2 Å². The number of hydrogen-bond donors (Lipinski definition) is 2. The summed E-state index contributed by atoms with van der Waals surface area (Å²) in [7, 11) is 0. The number of amides is 1. The van der Waals surface area contributed by atoms with E-state index in [2.05, 4.69) is 20.8 Å². The molecule has 1 saturated carbocycles. The van der Waals surface area contributed by atoms with E-state index in [1.807, 2.05) is 12.3 Å². The monoisotopic (exact) mass is 276 g/mol. The van der Waals surface area contributed by atoms with Gasteiger partial charge in [0.1, 0.15) is 5.52 Å². The number of fused-ring (bicyclic) bond motifs is 1. The fourth-order valence-corrected chi connectivity index (χ4v) is 3.63. The van der Waals surface area contributed by atoms with Gasteiger partial charge in [-0.2, -0.15) is 4.37 Å². The molecule has 1 amide bonds. The van der Waals surface area contributed by atoms with Crippen molar-refractivity contribution in [1.29, 1.82) is 0 Å². The van der Waals surface area contributed by atoms with Crippen molar-refractivity contribution in [3.05, 3.63) is 24.0 Å². The molecule has 5 nitrogen and oxygen atoms in total. The fourth-order valence-electron chi connectivity index (χ4n) is 2.81. The van der Waals surface area contributed by atoms with Crippen molar-refractivity contribution in [1.82, 2.24) is 14.8 Å². The maximum atomic E-state index is 11.5. The molecule has 0 bridgehead atoms. The van der Waals surface area contributed by atoms with Crippen molar-refractivity contribution < 1.29 is 4.79 Å². The molecular weight excluding hydrogens is 260 g/mol. The molecule has 0 aliphatic heterocycles. The van der Waals surface area contributed by atoms with Gasteiger partial charge in [0.05, 0.1) is 10.4 Å². The number of hydrogen-bond acceptors (Lipinski definition) is 5. The first-order valence-electron chi connectivity index (χ1n) is 6.50. The van der Waals surface area contributed by atoms with Crippen LogP contribution in [0.3, 0.4) is 0 Å². The van der Waals surface area contributed by atoms with Crippen LogP contribution in [0.25, 0.3) is 10.2 Å². The maximum absolute atomic E-state index is 11.5. The Labute approximate surface area is 115 Å². The SMILES string of the molecule is NNC(=O)C1CCC(c2nsc3cccnc23)CC1. The Morgan fingerprint density at radius 3 is 2.89 bits per heavy atom. The minimum atomic E-state index is -0.0419. The van der Waals surface area contributed by atoms with Crippen LogP contribution in [0.15, 0.2) is 18.3 Å². The van der Waals surface area contributed by atoms with E-state index in [1.54, 1.807) is 0 Å². The third kappa shape index (κ3) is 2.33. The normalized spacial score (nSPS) is 23.4. The number of hydrazine groups is 1. The quantitative estimate of drug-likeness (QED) is 0.499. The fraction of sp³-hybridized carbons (Fsp3) is 0.462. The summed E-state index contributed by atoms with van der Waals surface area (Å²) in [4.78, 5) is 15.9. The molecule has 3 rings (SSSR count). The number of rotatable bonds is 2. The third-order valence-electron chi connectivity index (χ3n) is 3.88. The predicted molar refractivity (Wildman–Crippen MR) is 74.4 cm³/mol. The van der Waals surface area contributed by atoms with Crippen molar-refractivity contribution in [2.75, 3.05) is 0 Å². The van der Waals surface area contributed by atoms with Crippen molar-refractivity contribution in [2.45, 2.75) is 31.6 Å². The topological polar surface area (TPSA) is 80.9 Å². The maximum Gasteiger partial charge on any atom is 0.236 e. The van der Waals surface area contributed by atoms with Gasteiger partial charge < -0.3 is 0 Å². The molecule has 2 heterocycles. The largest absolute Gasteiger partial charge is 0.294 e. The van der Waals surface area contributed by atoms with Crippen molar-refractivity contribution in [3.8, 4) is 0 Å². The Balaban J connectivity index is 1.77. The first-order chi connectivity index (χ1) is 9.29. The van der Waals surface area contributed by atoms with Crippen LogP contribution in [0.2, 0.25) is 0 Å². The van der Waals surface area contributed by atoms with Gasteiger partial charge in [0.25, 0.3) is 0 Å². The van der Waals surface area contributed by atoms with Crippen molar-refractivity contribution >= 4 is 27.7 Å². The molecule has 0 atom stereocenters. The second-order valence-electron chi connectivity index (χ2n) is 4.98. The zero-order chi connectivity index (χ0) is 13.2. The molecule has 3 N–H and O–H groups in total. The summed E-state index contributed by atoms with van der Waals surface area (Å²) in [5.74, 6) is 5.62. The van der Waals surface area contributed by atoms with Crippen molar-refractivity contribution in [2.24, 2.45) is 11.8 Å². The molecule has 0 radical (unpaired) electrons. The molecular formula is C13H16N4OS. The van der Waals surface area contributed by atoms with Crippen LogP contribution in [0.5, 0.6) is 0 Å². The molecule has 0 spiro atoms. The first-order valence-corrected chi connectivity index (χ1v) is 7.27. The Morgan fingerprint density at radius 2 is 2.16 bits per heavy atom. The van der Waals surface area contributed by atoms with Crippen LogP contribution in [0.4, 0.5) is 0 Å². The number of pyridine rings is 1. The van der Waals surface area contributed by atoms with Gasteiger partial charge in [0.15, 0.2) is 0 Å². The lowest BCUT2D eigenvalue weighted by Crippen LogP contribution is -2.37. The van der Waals surface area contributed by atoms with Gasteiger partial charge in [-0.1, -0.05) is 0 Å². The number of carbonyl (C=O) groups is 1. The predicted octanol–water partition coefficient (Wildman–Crippen LogP) is 1.95. The van der Waals surface area contributed by atoms with E-state index in [0.29, 0.717) is 5.92 Å². The zero-order valence-corrected chi connectivity index (χ0v) is 11.3. The van der Waals surface area contributed by atoms with Gasteiger partial charge in [0.2, 0.25) is 5.91 Å². The summed E-state index contributed by atoms with van der Waals surface area (Å²) in [6.07, 6.45) is 5.52. The highest BCUT2D eigenvalue weighted by Crippen LogP contribution is 2.38. The lowest BCUT2D eigenvalue weighted by molar-refractivity contribution is -0.126. The molecule has 0 aromatic carbocycles. The highest BCUT2D eigenvalue weighted by atomic mass is 32.1. The van der Waals surface area contributed by atoms with E-state index in [4.69, 9.17) is 5.84 Å². The van der Waals surface area contributed by atoms with Gasteiger partial charge >= 0.3 is 0 Å². The van der Waals surface area contributed by atoms with Crippen molar-refractivity contribution in [3.63, 3.8) is 0 Å². The van der Waals surface area contributed by atoms with Gasteiger partial charge in [-0.15, -0.1) is 0 Å². The number of nitrogens with one attached hydrogen (secondary N) is 1. The van der Waals surface area contributed by atoms with E-state index in [0.717, 1.165) is 41.6 Å². The van der Waals surface area contributed by atoms with Gasteiger partial charge in [-0.25, -0.2) is 5.84 Å². The summed E-state index contributed by atoms with van der Waals surface area (Å²) < 4.78 is 5.70. The van der Waals surface area contributed by atoms with Crippen LogP contribution >= 0.6 is 11.5 Å². The first kappa shape index (κ1) is 12.5. The van der Waals surface area contributed by atoms with E-state index in [-0.39, 0.29) is 11.8 Å². The van der Waals surface area contributed by atoms with Crippen LogP contribution in [0.1, 0.15) is 37.3 Å². The average molecular weight is 276 g/mol. The summed E-state index contributed by atoms with van der Waals surface area (Å²) >= 11 is 1.51. The smallest absolute Gasteiger partial charge is 0.236 e. The van der Waals surface area contributed by atoms with Crippen LogP contribution in [0, 0.1) is 5.92 Å². The molecule has 1 aliphatic rings. The van der Waals surface area contributed by atoms with Crippen LogP contribution < -0.4 is 11.3 Å². The molecule has 100 valence electrons. The molecule has 0 unspecified atom stereocenters. The Hall–Kier alpha value is -1.53. The molecule has 19 heavy (non-hydrogen) atoms. The lowest BCUT2D eigenvalue weighted by Gasteiger charge is -2.26. The Kier molecular flexibility index (Phi) is 3.44. The second kappa shape index (κ2) is 5.22. The van der Waals surface area contributed by atoms with E-state index in [9.17, 15) is 4.79 Å². The number of nitrogens with two attached hydrogens (primary N) is 1. The molecule has 2 aromatic rings. The van der Waals surface area contributed by atoms with E-state index < -0.39 is 0 Å². The highest BCUT2D eigenvalue weighted by molar-refractivity contribution is 7.13. The minimum Gasteiger partial charge on any atom is -0.294 e. The van der Waals surface area contributed by atoms with Crippen LogP contribution in [-0.2, 0) is 4.79 Å². The summed E-state index contributed by atoms with van der Waals surface area (Å²) in [5.41, 5.74) is 4.38. The second-order valence-corrected chi connectivity index (χ2v) is 5.78. The Morgan fingerprint density at radius 1 is 1.37 bits per heavy atom. The van der Waals surface area contributed by atoms with E-state index >= 15 is 0 Å². The summed E-state index contributed by atoms with van der Waals surface area (Å²) in [6.45, 7) is 0. The average Bonchev–Trinajstić information content (AvgIpc) is 2.90. The lowest BCUT2D eigenvalue weighted by atomic mass is 9.80. The molecule has 6 heteroatoms. The Bertz CT molecular complexity index is 589. The zero-order valence-electron chi connectivity index (χ0n) is 10.5. The number of nitrogens with zero attached hydrogens (tertiary/aromatic N) is 2. The highest BCUT2D eigenvalue weighted by Gasteiger charge is 2.29. The van der Waals surface area contributed by atoms with Gasteiger partial charge in [-0.05, 0) is 49.3 Å². The third-order valence-corrected chi connectivity index (χ3v) is 4.70. The van der Waals surface area contributed by atoms with Gasteiger partial charge in [0, 0.05) is 18.0 Å².